The normalized spacial score (nSPS) is 21.5. The molecule has 1 aromatic carbocycles. The molecule has 0 spiro atoms. The predicted molar refractivity (Wildman–Crippen MR) is 125 cm³/mol. The Kier molecular flexibility index (Phi) is 4.97. The van der Waals surface area contributed by atoms with Gasteiger partial charge in [-0.25, -0.2) is 4.98 Å². The van der Waals surface area contributed by atoms with Crippen molar-refractivity contribution in [3.63, 3.8) is 0 Å². The van der Waals surface area contributed by atoms with Crippen LogP contribution in [0.25, 0.3) is 21.8 Å². The summed E-state index contributed by atoms with van der Waals surface area (Å²) in [7, 11) is 0. The second-order valence-corrected chi connectivity index (χ2v) is 8.95. The molecular weight excluding hydrogens is 386 g/mol. The zero-order valence-corrected chi connectivity index (χ0v) is 18.0. The van der Waals surface area contributed by atoms with Gasteiger partial charge in [0.05, 0.1) is 28.4 Å². The first kappa shape index (κ1) is 19.7. The highest BCUT2D eigenvalue weighted by Crippen LogP contribution is 2.37. The van der Waals surface area contributed by atoms with Gasteiger partial charge in [-0.15, -0.1) is 0 Å². The lowest BCUT2D eigenvalue weighted by Crippen LogP contribution is -2.33. The van der Waals surface area contributed by atoms with Gasteiger partial charge < -0.3 is 9.13 Å². The molecule has 5 rings (SSSR count). The zero-order chi connectivity index (χ0) is 21.5. The second-order valence-electron chi connectivity index (χ2n) is 8.95. The molecular formula is C26H27N3O2. The summed E-state index contributed by atoms with van der Waals surface area (Å²) < 4.78 is 3.55. The van der Waals surface area contributed by atoms with Crippen LogP contribution in [0, 0.1) is 11.8 Å². The minimum atomic E-state index is -0.120. The van der Waals surface area contributed by atoms with Crippen molar-refractivity contribution in [2.45, 2.75) is 45.7 Å². The van der Waals surface area contributed by atoms with Crippen LogP contribution in [0.3, 0.4) is 0 Å². The molecule has 0 saturated heterocycles. The first-order chi connectivity index (χ1) is 15.0. The molecule has 1 fully saturated rings. The van der Waals surface area contributed by atoms with E-state index in [0.717, 1.165) is 18.4 Å². The Morgan fingerprint density at radius 2 is 1.61 bits per heavy atom. The lowest BCUT2D eigenvalue weighted by Gasteiger charge is -2.35. The summed E-state index contributed by atoms with van der Waals surface area (Å²) in [6.07, 6.45) is 7.04. The van der Waals surface area contributed by atoms with Gasteiger partial charge in [-0.2, -0.15) is 0 Å². The summed E-state index contributed by atoms with van der Waals surface area (Å²) in [5, 5.41) is 1.01. The molecule has 158 valence electrons. The molecule has 0 aliphatic heterocycles. The highest BCUT2D eigenvalue weighted by molar-refractivity contribution is 5.91. The highest BCUT2D eigenvalue weighted by Gasteiger charge is 2.29. The molecule has 0 N–H and O–H groups in total. The summed E-state index contributed by atoms with van der Waals surface area (Å²) in [6.45, 7) is 5.00. The van der Waals surface area contributed by atoms with Crippen LogP contribution >= 0.6 is 0 Å². The van der Waals surface area contributed by atoms with E-state index in [-0.39, 0.29) is 17.2 Å². The van der Waals surface area contributed by atoms with E-state index < -0.39 is 0 Å². The third kappa shape index (κ3) is 3.48. The smallest absolute Gasteiger partial charge is 0.260 e. The van der Waals surface area contributed by atoms with Crippen molar-refractivity contribution in [1.29, 1.82) is 0 Å². The molecule has 5 heteroatoms. The topological polar surface area (TPSA) is 56.9 Å². The number of fused-ring (bicyclic) bond motifs is 2. The Balaban J connectivity index is 1.63. The van der Waals surface area contributed by atoms with Crippen molar-refractivity contribution in [2.24, 2.45) is 11.8 Å². The summed E-state index contributed by atoms with van der Waals surface area (Å²) in [4.78, 5) is 31.2. The van der Waals surface area contributed by atoms with Crippen molar-refractivity contribution < 1.29 is 0 Å². The molecule has 0 unspecified atom stereocenters. The van der Waals surface area contributed by atoms with E-state index in [0.29, 0.717) is 40.2 Å². The van der Waals surface area contributed by atoms with Crippen molar-refractivity contribution in [3.05, 3.63) is 87.2 Å². The van der Waals surface area contributed by atoms with Gasteiger partial charge in [-0.3, -0.25) is 9.59 Å². The molecule has 3 atom stereocenters. The fourth-order valence-electron chi connectivity index (χ4n) is 4.99. The molecule has 3 aromatic heterocycles. The summed E-state index contributed by atoms with van der Waals surface area (Å²) in [6, 6.07) is 15.6. The number of aromatic nitrogens is 3. The molecule has 31 heavy (non-hydrogen) atoms. The molecule has 4 aromatic rings. The second kappa shape index (κ2) is 7.80. The van der Waals surface area contributed by atoms with Gasteiger partial charge in [0.25, 0.3) is 11.1 Å². The van der Waals surface area contributed by atoms with Crippen LogP contribution in [0.5, 0.6) is 0 Å². The van der Waals surface area contributed by atoms with Gasteiger partial charge in [-0.1, -0.05) is 57.0 Å². The average molecular weight is 414 g/mol. The van der Waals surface area contributed by atoms with Gasteiger partial charge in [-0.05, 0) is 42.0 Å². The summed E-state index contributed by atoms with van der Waals surface area (Å²) in [5.41, 5.74) is 2.16. The lowest BCUT2D eigenvalue weighted by molar-refractivity contribution is 0.183. The van der Waals surface area contributed by atoms with Crippen LogP contribution in [0.1, 0.15) is 44.7 Å². The molecule has 5 nitrogen and oxygen atoms in total. The average Bonchev–Trinajstić information content (AvgIpc) is 2.78. The van der Waals surface area contributed by atoms with Crippen molar-refractivity contribution in [2.75, 3.05) is 0 Å². The fourth-order valence-corrected chi connectivity index (χ4v) is 4.99. The standard InChI is InChI=1S/C26H27N3O2/c1-17-7-6-10-24(18(17)2)29-14-12-23-21(26(29)31)15-20-22(27-23)11-13-28(25(20)30)16-19-8-4-3-5-9-19/h3-5,8-9,11-15,17-18,24H,6-7,10,16H2,1-2H3/t17-,18-,24+/m1/s1. The van der Waals surface area contributed by atoms with Crippen LogP contribution in [0.2, 0.25) is 0 Å². The highest BCUT2D eigenvalue weighted by atomic mass is 16.1. The minimum Gasteiger partial charge on any atom is -0.312 e. The van der Waals surface area contributed by atoms with Crippen molar-refractivity contribution in [3.8, 4) is 0 Å². The maximum atomic E-state index is 13.4. The number of pyridine rings is 3. The molecule has 1 aliphatic carbocycles. The fraction of sp³-hybridized carbons (Fsp3) is 0.346. The molecule has 0 amide bonds. The van der Waals surface area contributed by atoms with E-state index in [1.54, 1.807) is 16.8 Å². The SMILES string of the molecule is C[C@@H]1[C@H](C)CCC[C@@H]1n1ccc2nc3ccn(Cc4ccccc4)c(=O)c3cc2c1=O. The number of nitrogens with zero attached hydrogens (tertiary/aromatic N) is 3. The maximum absolute atomic E-state index is 13.4. The van der Waals surface area contributed by atoms with E-state index in [1.165, 1.54) is 6.42 Å². The number of benzene rings is 1. The predicted octanol–water partition coefficient (Wildman–Crippen LogP) is 4.76. The number of hydrogen-bond acceptors (Lipinski definition) is 3. The Hall–Kier alpha value is -3.21. The van der Waals surface area contributed by atoms with E-state index in [9.17, 15) is 9.59 Å². The van der Waals surface area contributed by atoms with E-state index in [2.05, 4.69) is 18.8 Å². The quantitative estimate of drug-likeness (QED) is 0.455. The van der Waals surface area contributed by atoms with Crippen LogP contribution in [-0.2, 0) is 6.54 Å². The Labute approximate surface area is 181 Å². The largest absolute Gasteiger partial charge is 0.312 e. The van der Waals surface area contributed by atoms with Crippen LogP contribution in [0.15, 0.2) is 70.5 Å². The summed E-state index contributed by atoms with van der Waals surface area (Å²) in [5.74, 6) is 1.04. The zero-order valence-electron chi connectivity index (χ0n) is 18.0. The minimum absolute atomic E-state index is 0.0456. The molecule has 1 saturated carbocycles. The Morgan fingerprint density at radius 1 is 0.903 bits per heavy atom. The monoisotopic (exact) mass is 413 g/mol. The number of hydrogen-bond donors (Lipinski definition) is 0. The lowest BCUT2D eigenvalue weighted by atomic mass is 9.78. The first-order valence-corrected chi connectivity index (χ1v) is 11.1. The van der Waals surface area contributed by atoms with E-state index in [4.69, 9.17) is 0 Å². The molecule has 0 radical (unpaired) electrons. The summed E-state index contributed by atoms with van der Waals surface area (Å²) >= 11 is 0. The van der Waals surface area contributed by atoms with Gasteiger partial charge >= 0.3 is 0 Å². The van der Waals surface area contributed by atoms with Gasteiger partial charge in [0.2, 0.25) is 0 Å². The van der Waals surface area contributed by atoms with Gasteiger partial charge in [0, 0.05) is 18.4 Å². The maximum Gasteiger partial charge on any atom is 0.260 e. The molecule has 3 heterocycles. The van der Waals surface area contributed by atoms with Crippen molar-refractivity contribution in [1.82, 2.24) is 14.1 Å². The number of rotatable bonds is 3. The van der Waals surface area contributed by atoms with Crippen LogP contribution in [0.4, 0.5) is 0 Å². The third-order valence-electron chi connectivity index (χ3n) is 7.06. The Morgan fingerprint density at radius 3 is 2.39 bits per heavy atom. The van der Waals surface area contributed by atoms with Crippen LogP contribution < -0.4 is 11.1 Å². The van der Waals surface area contributed by atoms with Crippen molar-refractivity contribution >= 4 is 21.8 Å². The van der Waals surface area contributed by atoms with Crippen LogP contribution in [-0.4, -0.2) is 14.1 Å². The third-order valence-corrected chi connectivity index (χ3v) is 7.06. The van der Waals surface area contributed by atoms with E-state index in [1.807, 2.05) is 53.2 Å². The van der Waals surface area contributed by atoms with E-state index >= 15 is 0 Å². The molecule has 0 bridgehead atoms. The molecule has 1 aliphatic rings. The van der Waals surface area contributed by atoms with Gasteiger partial charge in [0.15, 0.2) is 0 Å². The Bertz CT molecular complexity index is 1370. The first-order valence-electron chi connectivity index (χ1n) is 11.1. The van der Waals surface area contributed by atoms with Gasteiger partial charge in [0.1, 0.15) is 0 Å².